The minimum atomic E-state index is -0.264. The number of piperidine rings is 1. The number of fused-ring (bicyclic) bond motifs is 1. The third kappa shape index (κ3) is 2.69. The number of rotatable bonds is 2. The van der Waals surface area contributed by atoms with Gasteiger partial charge >= 0.3 is 0 Å². The van der Waals surface area contributed by atoms with Crippen LogP contribution in [0.15, 0.2) is 42.5 Å². The third-order valence-electron chi connectivity index (χ3n) is 4.65. The Morgan fingerprint density at radius 2 is 1.62 bits per heavy atom. The molecule has 0 saturated carbocycles. The van der Waals surface area contributed by atoms with Crippen LogP contribution in [0, 0.1) is 0 Å². The van der Waals surface area contributed by atoms with Crippen LogP contribution < -0.4 is 0 Å². The maximum Gasteiger partial charge on any atom is 0.170 e. The van der Waals surface area contributed by atoms with E-state index < -0.39 is 0 Å². The Morgan fingerprint density at radius 3 is 2.38 bits per heavy atom. The van der Waals surface area contributed by atoms with Gasteiger partial charge in [-0.3, -0.25) is 4.90 Å². The topological polar surface area (TPSA) is 21.7 Å². The van der Waals surface area contributed by atoms with Crippen molar-refractivity contribution in [1.82, 2.24) is 4.90 Å². The zero-order chi connectivity index (χ0) is 14.1. The summed E-state index contributed by atoms with van der Waals surface area (Å²) in [6, 6.07) is 15.3. The van der Waals surface area contributed by atoms with Gasteiger partial charge in [0, 0.05) is 32.5 Å². The van der Waals surface area contributed by atoms with Crippen molar-refractivity contribution in [3.8, 4) is 0 Å². The van der Waals surface area contributed by atoms with Crippen LogP contribution in [0.2, 0.25) is 0 Å². The second-order valence-electron chi connectivity index (χ2n) is 6.07. The second-order valence-corrected chi connectivity index (χ2v) is 6.07. The molecule has 2 aromatic rings. The number of benzene rings is 2. The lowest BCUT2D eigenvalue weighted by molar-refractivity contribution is -0.185. The zero-order valence-corrected chi connectivity index (χ0v) is 12.3. The van der Waals surface area contributed by atoms with Crippen LogP contribution >= 0.6 is 0 Å². The number of hydrogen-bond donors (Lipinski definition) is 0. The summed E-state index contributed by atoms with van der Waals surface area (Å²) in [5.41, 5.74) is 1.39. The van der Waals surface area contributed by atoms with E-state index >= 15 is 0 Å². The Bertz CT molecular complexity index is 624. The SMILES string of the molecule is c1ccc2cc(CN3CCC4(CC3)OCCO4)ccc2c1. The van der Waals surface area contributed by atoms with E-state index in [1.54, 1.807) is 0 Å². The van der Waals surface area contributed by atoms with Gasteiger partial charge in [-0.1, -0.05) is 36.4 Å². The average Bonchev–Trinajstić information content (AvgIpc) is 2.98. The number of nitrogens with zero attached hydrogens (tertiary/aromatic N) is 1. The number of likely N-dealkylation sites (tertiary alicyclic amines) is 1. The molecule has 2 aromatic carbocycles. The van der Waals surface area contributed by atoms with Crippen molar-refractivity contribution >= 4 is 10.8 Å². The molecule has 110 valence electrons. The highest BCUT2D eigenvalue weighted by atomic mass is 16.7. The minimum Gasteiger partial charge on any atom is -0.347 e. The Kier molecular flexibility index (Phi) is 3.42. The highest BCUT2D eigenvalue weighted by Crippen LogP contribution is 2.31. The summed E-state index contributed by atoms with van der Waals surface area (Å²) < 4.78 is 11.6. The largest absolute Gasteiger partial charge is 0.347 e. The molecule has 0 amide bonds. The van der Waals surface area contributed by atoms with Gasteiger partial charge in [0.05, 0.1) is 13.2 Å². The summed E-state index contributed by atoms with van der Waals surface area (Å²) in [5.74, 6) is -0.264. The smallest absolute Gasteiger partial charge is 0.170 e. The van der Waals surface area contributed by atoms with E-state index in [1.165, 1.54) is 16.3 Å². The second kappa shape index (κ2) is 5.41. The number of hydrogen-bond acceptors (Lipinski definition) is 3. The van der Waals surface area contributed by atoms with E-state index in [1.807, 2.05) is 0 Å². The van der Waals surface area contributed by atoms with E-state index in [-0.39, 0.29) is 5.79 Å². The molecule has 0 bridgehead atoms. The van der Waals surface area contributed by atoms with E-state index in [9.17, 15) is 0 Å². The first kappa shape index (κ1) is 13.3. The standard InChI is InChI=1S/C18H21NO2/c1-2-4-17-13-15(5-6-16(17)3-1)14-19-9-7-18(8-10-19)20-11-12-21-18/h1-6,13H,7-12,14H2. The molecule has 0 atom stereocenters. The fourth-order valence-corrected chi connectivity index (χ4v) is 3.43. The molecule has 0 unspecified atom stereocenters. The zero-order valence-electron chi connectivity index (χ0n) is 12.3. The van der Waals surface area contributed by atoms with Gasteiger partial charge in [-0.25, -0.2) is 0 Å². The van der Waals surface area contributed by atoms with Crippen molar-refractivity contribution in [2.24, 2.45) is 0 Å². The van der Waals surface area contributed by atoms with Crippen LogP contribution in [-0.2, 0) is 16.0 Å². The molecular weight excluding hydrogens is 262 g/mol. The van der Waals surface area contributed by atoms with Gasteiger partial charge in [0.2, 0.25) is 0 Å². The van der Waals surface area contributed by atoms with Crippen LogP contribution in [0.5, 0.6) is 0 Å². The Labute approximate surface area is 125 Å². The molecule has 0 radical (unpaired) electrons. The molecule has 2 aliphatic heterocycles. The first-order valence-corrected chi connectivity index (χ1v) is 7.81. The molecule has 21 heavy (non-hydrogen) atoms. The Hall–Kier alpha value is -1.42. The van der Waals surface area contributed by atoms with E-state index in [0.29, 0.717) is 0 Å². The maximum absolute atomic E-state index is 5.79. The molecule has 4 rings (SSSR count). The molecule has 0 N–H and O–H groups in total. The summed E-state index contributed by atoms with van der Waals surface area (Å²) in [5, 5.41) is 2.64. The highest BCUT2D eigenvalue weighted by Gasteiger charge is 2.39. The van der Waals surface area contributed by atoms with Crippen LogP contribution in [-0.4, -0.2) is 37.0 Å². The van der Waals surface area contributed by atoms with Crippen molar-refractivity contribution < 1.29 is 9.47 Å². The molecular formula is C18H21NO2. The van der Waals surface area contributed by atoms with Gasteiger partial charge in [-0.2, -0.15) is 0 Å². The summed E-state index contributed by atoms with van der Waals surface area (Å²) in [6.45, 7) is 4.62. The minimum absolute atomic E-state index is 0.264. The molecule has 2 fully saturated rings. The molecule has 3 heteroatoms. The quantitative estimate of drug-likeness (QED) is 0.845. The fraction of sp³-hybridized carbons (Fsp3) is 0.444. The van der Waals surface area contributed by atoms with Crippen LogP contribution in [0.3, 0.4) is 0 Å². The molecule has 2 saturated heterocycles. The molecule has 3 nitrogen and oxygen atoms in total. The first-order valence-electron chi connectivity index (χ1n) is 7.81. The highest BCUT2D eigenvalue weighted by molar-refractivity contribution is 5.82. The van der Waals surface area contributed by atoms with Crippen molar-refractivity contribution in [3.63, 3.8) is 0 Å². The average molecular weight is 283 g/mol. The van der Waals surface area contributed by atoms with E-state index in [2.05, 4.69) is 47.4 Å². The van der Waals surface area contributed by atoms with Gasteiger partial charge in [0.1, 0.15) is 0 Å². The Balaban J connectivity index is 1.43. The van der Waals surface area contributed by atoms with E-state index in [4.69, 9.17) is 9.47 Å². The predicted molar refractivity (Wildman–Crippen MR) is 83.1 cm³/mol. The lowest BCUT2D eigenvalue weighted by Gasteiger charge is -2.37. The lowest BCUT2D eigenvalue weighted by Crippen LogP contribution is -2.44. The van der Waals surface area contributed by atoms with Crippen molar-refractivity contribution in [3.05, 3.63) is 48.0 Å². The van der Waals surface area contributed by atoms with Crippen molar-refractivity contribution in [1.29, 1.82) is 0 Å². The molecule has 2 heterocycles. The summed E-state index contributed by atoms with van der Waals surface area (Å²) in [6.07, 6.45) is 1.97. The van der Waals surface area contributed by atoms with Crippen molar-refractivity contribution in [2.45, 2.75) is 25.2 Å². The fourth-order valence-electron chi connectivity index (χ4n) is 3.43. The van der Waals surface area contributed by atoms with Crippen molar-refractivity contribution in [2.75, 3.05) is 26.3 Å². The van der Waals surface area contributed by atoms with Gasteiger partial charge in [0.25, 0.3) is 0 Å². The number of ether oxygens (including phenoxy) is 2. The van der Waals surface area contributed by atoms with Crippen LogP contribution in [0.25, 0.3) is 10.8 Å². The molecule has 0 aliphatic carbocycles. The van der Waals surface area contributed by atoms with Gasteiger partial charge in [-0.05, 0) is 22.4 Å². The monoisotopic (exact) mass is 283 g/mol. The lowest BCUT2D eigenvalue weighted by atomic mass is 10.0. The normalized spacial score (nSPS) is 22.1. The molecule has 2 aliphatic rings. The summed E-state index contributed by atoms with van der Waals surface area (Å²) in [4.78, 5) is 2.50. The summed E-state index contributed by atoms with van der Waals surface area (Å²) >= 11 is 0. The third-order valence-corrected chi connectivity index (χ3v) is 4.65. The molecule has 1 spiro atoms. The summed E-state index contributed by atoms with van der Waals surface area (Å²) in [7, 11) is 0. The molecule has 0 aromatic heterocycles. The Morgan fingerprint density at radius 1 is 0.905 bits per heavy atom. The van der Waals surface area contributed by atoms with Gasteiger partial charge < -0.3 is 9.47 Å². The van der Waals surface area contributed by atoms with Gasteiger partial charge in [0.15, 0.2) is 5.79 Å². The first-order chi connectivity index (χ1) is 10.3. The van der Waals surface area contributed by atoms with Crippen LogP contribution in [0.4, 0.5) is 0 Å². The van der Waals surface area contributed by atoms with Crippen LogP contribution in [0.1, 0.15) is 18.4 Å². The predicted octanol–water partition coefficient (Wildman–Crippen LogP) is 3.18. The van der Waals surface area contributed by atoms with E-state index in [0.717, 1.165) is 45.7 Å². The maximum atomic E-state index is 5.79. The van der Waals surface area contributed by atoms with Gasteiger partial charge in [-0.15, -0.1) is 0 Å².